The first-order valence-electron chi connectivity index (χ1n) is 24.4. The summed E-state index contributed by atoms with van der Waals surface area (Å²) in [6, 6.07) is 18.7. The Morgan fingerprint density at radius 1 is 0.928 bits per heavy atom. The molecule has 366 valence electrons. The normalized spacial score (nSPS) is 33.2. The number of H-pyrrole nitrogens is 1. The van der Waals surface area contributed by atoms with Gasteiger partial charge in [0.25, 0.3) is 5.91 Å². The van der Waals surface area contributed by atoms with E-state index in [-0.39, 0.29) is 17.9 Å². The van der Waals surface area contributed by atoms with E-state index in [1.54, 1.807) is 18.9 Å². The number of amides is 1. The van der Waals surface area contributed by atoms with E-state index in [1.807, 2.05) is 73.7 Å². The zero-order valence-corrected chi connectivity index (χ0v) is 41.8. The molecule has 1 unspecified atom stereocenters. The zero-order chi connectivity index (χ0) is 48.8. The van der Waals surface area contributed by atoms with Gasteiger partial charge in [-0.2, -0.15) is 0 Å². The Balaban J connectivity index is 1.21. The van der Waals surface area contributed by atoms with Gasteiger partial charge < -0.3 is 44.2 Å². The van der Waals surface area contributed by atoms with Gasteiger partial charge >= 0.3 is 17.9 Å². The summed E-state index contributed by atoms with van der Waals surface area (Å²) in [5.41, 5.74) is -0.912. The molecule has 1 saturated carbocycles. The van der Waals surface area contributed by atoms with Gasteiger partial charge in [-0.1, -0.05) is 50.3 Å². The maximum absolute atomic E-state index is 15.7. The Hall–Kier alpha value is -5.35. The number of hydrogen-bond acceptors (Lipinski definition) is 13. The van der Waals surface area contributed by atoms with Gasteiger partial charge in [-0.25, -0.2) is 4.79 Å². The predicted octanol–water partition coefficient (Wildman–Crippen LogP) is 6.15. The Morgan fingerprint density at radius 2 is 1.71 bits per heavy atom. The molecule has 5 aliphatic heterocycles. The maximum Gasteiger partial charge on any atom is 0.344 e. The number of para-hydroxylation sites is 1. The number of fused-ring (bicyclic) bond motifs is 6. The topological polar surface area (TPSA) is 163 Å². The average Bonchev–Trinajstić information content (AvgIpc) is 4.03. The quantitative estimate of drug-likeness (QED) is 0.0719. The fourth-order valence-corrected chi connectivity index (χ4v) is 15.2. The number of piperidine rings is 1. The highest BCUT2D eigenvalue weighted by Gasteiger charge is 2.80. The second-order valence-electron chi connectivity index (χ2n) is 20.4. The zero-order valence-electron chi connectivity index (χ0n) is 41.0. The molecule has 4 aromatic rings. The number of rotatable bonds is 10. The number of aliphatic hydroxyl groups is 1. The van der Waals surface area contributed by atoms with E-state index in [2.05, 4.69) is 51.3 Å². The number of ether oxygens (including phenoxy) is 4. The van der Waals surface area contributed by atoms with Crippen LogP contribution in [-0.2, 0) is 45.8 Å². The molecule has 10 atom stereocenters. The third-order valence-electron chi connectivity index (χ3n) is 17.3. The molecule has 1 aliphatic carbocycles. The number of nitrogens with zero attached hydrogens (tertiary/aromatic N) is 3. The lowest BCUT2D eigenvalue weighted by Crippen LogP contribution is -2.81. The van der Waals surface area contributed by atoms with E-state index in [4.69, 9.17) is 18.9 Å². The Labute approximate surface area is 408 Å². The van der Waals surface area contributed by atoms with E-state index >= 15 is 4.79 Å². The molecule has 6 aliphatic rings. The van der Waals surface area contributed by atoms with Crippen molar-refractivity contribution in [3.05, 3.63) is 101 Å². The van der Waals surface area contributed by atoms with Crippen LogP contribution in [0, 0.1) is 11.3 Å². The van der Waals surface area contributed by atoms with Crippen molar-refractivity contribution in [3.8, 4) is 5.75 Å². The number of thioether (sulfide) groups is 1. The highest BCUT2D eigenvalue weighted by molar-refractivity contribution is 7.98. The second-order valence-corrected chi connectivity index (χ2v) is 21.3. The number of nitrogens with one attached hydrogen (secondary N) is 2. The summed E-state index contributed by atoms with van der Waals surface area (Å²) in [6.45, 7) is 8.76. The van der Waals surface area contributed by atoms with Gasteiger partial charge in [-0.15, -0.1) is 11.8 Å². The summed E-state index contributed by atoms with van der Waals surface area (Å²) in [5, 5.41) is 18.0. The van der Waals surface area contributed by atoms with Crippen LogP contribution < -0.4 is 15.0 Å². The third-order valence-corrected chi connectivity index (χ3v) is 18.1. The van der Waals surface area contributed by atoms with E-state index in [9.17, 15) is 19.5 Å². The molecule has 1 amide bonds. The second kappa shape index (κ2) is 17.2. The lowest BCUT2D eigenvalue weighted by molar-refractivity contribution is -0.228. The van der Waals surface area contributed by atoms with Crippen LogP contribution in [0.3, 0.4) is 0 Å². The first-order valence-corrected chi connectivity index (χ1v) is 25.6. The van der Waals surface area contributed by atoms with Crippen molar-refractivity contribution in [1.29, 1.82) is 0 Å². The van der Waals surface area contributed by atoms with Gasteiger partial charge in [0.05, 0.1) is 32.9 Å². The van der Waals surface area contributed by atoms with E-state index < -0.39 is 57.4 Å². The van der Waals surface area contributed by atoms with Crippen LogP contribution in [0.2, 0.25) is 0 Å². The number of hydrogen-bond donors (Lipinski definition) is 3. The van der Waals surface area contributed by atoms with E-state index in [1.165, 1.54) is 21.1 Å². The smallest absolute Gasteiger partial charge is 0.344 e. The SMILES string of the molecule is CC[C@]1(NC(=O)c2cccc(SC)c2)C[C@H]2CN(CCc3c([nH]c4ccccc34)[C@@](C(=O)OC)(c3cc4c(cc3OC)N(C)[C@H]3[C@@](O)(C(=O)OC)[C@H](OC(C)=O)[C@]5(CC)C=CCN6CC[C@]43[C@@H]65)C2)C1. The molecule has 15 heteroatoms. The lowest BCUT2D eigenvalue weighted by Gasteiger charge is -2.63. The average molecular weight is 960 g/mol. The molecular weight excluding hydrogens is 895 g/mol. The van der Waals surface area contributed by atoms with Crippen molar-refractivity contribution in [2.45, 2.75) is 104 Å². The van der Waals surface area contributed by atoms with Gasteiger partial charge in [0.1, 0.15) is 11.2 Å². The minimum atomic E-state index is -2.33. The molecule has 69 heavy (non-hydrogen) atoms. The first-order chi connectivity index (χ1) is 33.1. The molecule has 3 fully saturated rings. The molecular formula is C54H65N5O9S. The van der Waals surface area contributed by atoms with E-state index in [0.717, 1.165) is 38.3 Å². The van der Waals surface area contributed by atoms with Crippen molar-refractivity contribution in [2.24, 2.45) is 11.3 Å². The van der Waals surface area contributed by atoms with Crippen LogP contribution in [-0.4, -0.2) is 140 Å². The Morgan fingerprint density at radius 3 is 2.42 bits per heavy atom. The van der Waals surface area contributed by atoms with Crippen LogP contribution in [0.25, 0.3) is 10.9 Å². The number of esters is 3. The van der Waals surface area contributed by atoms with Crippen molar-refractivity contribution in [1.82, 2.24) is 20.1 Å². The summed E-state index contributed by atoms with van der Waals surface area (Å²) in [4.78, 5) is 69.3. The maximum atomic E-state index is 15.7. The number of likely N-dealkylation sites (N-methyl/N-ethyl adjacent to an activating group) is 1. The third kappa shape index (κ3) is 6.69. The molecule has 2 bridgehead atoms. The number of aromatic nitrogens is 1. The van der Waals surface area contributed by atoms with Gasteiger partial charge in [0.15, 0.2) is 6.10 Å². The molecule has 3 aromatic carbocycles. The van der Waals surface area contributed by atoms with Crippen LogP contribution in [0.15, 0.2) is 77.7 Å². The molecule has 1 spiro atoms. The molecule has 14 nitrogen and oxygen atoms in total. The highest BCUT2D eigenvalue weighted by atomic mass is 32.2. The number of anilines is 1. The van der Waals surface area contributed by atoms with Crippen LogP contribution in [0.5, 0.6) is 5.75 Å². The molecule has 1 aromatic heterocycles. The predicted molar refractivity (Wildman–Crippen MR) is 264 cm³/mol. The highest BCUT2D eigenvalue weighted by Crippen LogP contribution is 2.68. The summed E-state index contributed by atoms with van der Waals surface area (Å²) in [7, 11) is 6.18. The molecule has 3 N–H and O–H groups in total. The van der Waals surface area contributed by atoms with Crippen LogP contribution in [0.4, 0.5) is 5.69 Å². The van der Waals surface area contributed by atoms with Crippen molar-refractivity contribution >= 4 is 52.2 Å². The first kappa shape index (κ1) is 47.3. The van der Waals surface area contributed by atoms with E-state index in [0.29, 0.717) is 88.1 Å². The summed E-state index contributed by atoms with van der Waals surface area (Å²) in [5.74, 6) is -1.75. The van der Waals surface area contributed by atoms with Crippen LogP contribution in [0.1, 0.15) is 85.6 Å². The molecule has 10 rings (SSSR count). The monoisotopic (exact) mass is 959 g/mol. The van der Waals surface area contributed by atoms with Gasteiger partial charge in [-0.05, 0) is 98.7 Å². The molecule has 2 saturated heterocycles. The summed E-state index contributed by atoms with van der Waals surface area (Å²) in [6.07, 6.45) is 8.04. The van der Waals surface area contributed by atoms with Gasteiger partial charge in [0.2, 0.25) is 5.60 Å². The Kier molecular flexibility index (Phi) is 11.8. The number of carbonyl (C=O) groups is 4. The number of aromatic amines is 1. The number of carbonyl (C=O) groups excluding carboxylic acids is 4. The van der Waals surface area contributed by atoms with Crippen LogP contribution >= 0.6 is 11.8 Å². The molecule has 0 radical (unpaired) electrons. The fraction of sp³-hybridized carbons (Fsp3) is 0.519. The Bertz CT molecular complexity index is 2780. The number of methoxy groups -OCH3 is 3. The number of benzene rings is 3. The molecule has 6 heterocycles. The van der Waals surface area contributed by atoms with Crippen molar-refractivity contribution in [2.75, 3.05) is 72.3 Å². The fourth-order valence-electron chi connectivity index (χ4n) is 14.8. The van der Waals surface area contributed by atoms with Gasteiger partial charge in [-0.3, -0.25) is 19.3 Å². The minimum Gasteiger partial charge on any atom is -0.496 e. The van der Waals surface area contributed by atoms with Crippen molar-refractivity contribution in [3.63, 3.8) is 0 Å². The minimum absolute atomic E-state index is 0.124. The van der Waals surface area contributed by atoms with Gasteiger partial charge in [0, 0.05) is 101 Å². The van der Waals surface area contributed by atoms with Crippen molar-refractivity contribution < 1.29 is 43.2 Å². The summed E-state index contributed by atoms with van der Waals surface area (Å²) >= 11 is 1.60. The standard InChI is InChI=1S/C54H65N5O9S/c1-9-50(56-44(61)34-15-13-16-35(25-34)69-8)28-33-29-53(48(62)66-6,43-37(19-23-58(30-33)31-50)36-17-11-12-18-40(36)55-43)39-26-38-41(27-42(39)65-5)57(4)46-52(38)21-24-59-22-14-20-51(10-2,45(52)59)47(68-32(3)60)54(46,64)49(63)67-7/h11-18,20,25-27,33,45-47,55,64H,9-10,19,21-24,28-31H2,1-8H3,(H,56,61)/t33-,45+,46-,47-,50+,51-,52-,53+,54+/m1/s1. The largest absolute Gasteiger partial charge is 0.496 e. The summed E-state index contributed by atoms with van der Waals surface area (Å²) < 4.78 is 24.3. The lowest BCUT2D eigenvalue weighted by atomic mass is 9.47.